The Bertz CT molecular complexity index is 586. The number of nitrogens with one attached hydrogen (secondary N) is 1. The van der Waals surface area contributed by atoms with Crippen LogP contribution in [0, 0.1) is 13.8 Å². The maximum Gasteiger partial charge on any atom is 0.290 e. The zero-order chi connectivity index (χ0) is 13.3. The molecule has 0 saturated carbocycles. The molecule has 1 amide bonds. The summed E-state index contributed by atoms with van der Waals surface area (Å²) in [6.45, 7) is 4.09. The Morgan fingerprint density at radius 2 is 1.94 bits per heavy atom. The first-order chi connectivity index (χ1) is 8.49. The monoisotopic (exact) mass is 244 g/mol. The molecule has 1 aromatic carbocycles. The Morgan fingerprint density at radius 3 is 2.56 bits per heavy atom. The lowest BCUT2D eigenvalue weighted by Gasteiger charge is -2.05. The Kier molecular flexibility index (Phi) is 3.14. The molecule has 0 fully saturated rings. The van der Waals surface area contributed by atoms with Crippen LogP contribution in [0.1, 0.15) is 21.7 Å². The first kappa shape index (κ1) is 12.3. The number of nitrogens with zero attached hydrogens (tertiary/aromatic N) is 3. The number of rotatable bonds is 2. The number of amides is 1. The Morgan fingerprint density at radius 1 is 1.22 bits per heavy atom. The van der Waals surface area contributed by atoms with E-state index in [1.807, 2.05) is 25.1 Å². The van der Waals surface area contributed by atoms with Gasteiger partial charge < -0.3 is 4.90 Å². The van der Waals surface area contributed by atoms with Gasteiger partial charge in [0.2, 0.25) is 5.82 Å². The highest BCUT2D eigenvalue weighted by Gasteiger charge is 2.14. The summed E-state index contributed by atoms with van der Waals surface area (Å²) in [4.78, 5) is 17.4. The van der Waals surface area contributed by atoms with Gasteiger partial charge in [-0.2, -0.15) is 5.10 Å². The number of aromatic nitrogens is 3. The van der Waals surface area contributed by atoms with Crippen LogP contribution in [-0.2, 0) is 0 Å². The fourth-order valence-electron chi connectivity index (χ4n) is 1.58. The molecule has 94 valence electrons. The molecule has 2 rings (SSSR count). The molecule has 0 aliphatic heterocycles. The molecule has 1 N–H and O–H groups in total. The summed E-state index contributed by atoms with van der Waals surface area (Å²) in [5, 5.41) is 6.74. The third-order valence-corrected chi connectivity index (χ3v) is 2.86. The molecular formula is C13H16N4O. The van der Waals surface area contributed by atoms with Crippen molar-refractivity contribution >= 4 is 5.91 Å². The van der Waals surface area contributed by atoms with Gasteiger partial charge in [0.15, 0.2) is 5.82 Å². The smallest absolute Gasteiger partial charge is 0.290 e. The van der Waals surface area contributed by atoms with Gasteiger partial charge in [-0.15, -0.1) is 0 Å². The molecule has 2 aromatic rings. The summed E-state index contributed by atoms with van der Waals surface area (Å²) < 4.78 is 0. The number of aryl methyl sites for hydroxylation is 2. The predicted molar refractivity (Wildman–Crippen MR) is 69.3 cm³/mol. The van der Waals surface area contributed by atoms with E-state index < -0.39 is 0 Å². The van der Waals surface area contributed by atoms with Crippen LogP contribution in [0.5, 0.6) is 0 Å². The van der Waals surface area contributed by atoms with E-state index in [4.69, 9.17) is 0 Å². The van der Waals surface area contributed by atoms with E-state index in [2.05, 4.69) is 22.1 Å². The van der Waals surface area contributed by atoms with Crippen molar-refractivity contribution in [3.63, 3.8) is 0 Å². The fraction of sp³-hybridized carbons (Fsp3) is 0.308. The van der Waals surface area contributed by atoms with Gasteiger partial charge in [0, 0.05) is 19.7 Å². The van der Waals surface area contributed by atoms with Gasteiger partial charge in [0.05, 0.1) is 0 Å². The summed E-state index contributed by atoms with van der Waals surface area (Å²) in [7, 11) is 3.36. The molecule has 0 spiro atoms. The molecule has 1 aromatic heterocycles. The third-order valence-electron chi connectivity index (χ3n) is 2.86. The van der Waals surface area contributed by atoms with Crippen LogP contribution in [0.2, 0.25) is 0 Å². The minimum atomic E-state index is -0.183. The van der Waals surface area contributed by atoms with Gasteiger partial charge >= 0.3 is 0 Å². The number of hydrogen-bond donors (Lipinski definition) is 1. The molecule has 0 unspecified atom stereocenters. The Labute approximate surface area is 106 Å². The zero-order valence-corrected chi connectivity index (χ0v) is 11.0. The number of aromatic amines is 1. The molecule has 0 atom stereocenters. The van der Waals surface area contributed by atoms with E-state index in [-0.39, 0.29) is 11.7 Å². The molecule has 0 saturated heterocycles. The van der Waals surface area contributed by atoms with Gasteiger partial charge in [-0.3, -0.25) is 9.89 Å². The minimum Gasteiger partial charge on any atom is -0.342 e. The molecule has 5 nitrogen and oxygen atoms in total. The number of H-pyrrole nitrogens is 1. The van der Waals surface area contributed by atoms with Crippen molar-refractivity contribution in [2.75, 3.05) is 14.1 Å². The van der Waals surface area contributed by atoms with Crippen LogP contribution in [0.3, 0.4) is 0 Å². The van der Waals surface area contributed by atoms with Crippen molar-refractivity contribution in [1.29, 1.82) is 0 Å². The van der Waals surface area contributed by atoms with E-state index in [1.165, 1.54) is 16.0 Å². The van der Waals surface area contributed by atoms with E-state index in [1.54, 1.807) is 14.1 Å². The second kappa shape index (κ2) is 4.60. The van der Waals surface area contributed by atoms with Gasteiger partial charge in [0.25, 0.3) is 5.91 Å². The van der Waals surface area contributed by atoms with Crippen molar-refractivity contribution in [2.24, 2.45) is 0 Å². The lowest BCUT2D eigenvalue weighted by atomic mass is 10.1. The van der Waals surface area contributed by atoms with Gasteiger partial charge in [-0.25, -0.2) is 4.98 Å². The predicted octanol–water partition coefficient (Wildman–Crippen LogP) is 1.79. The molecule has 0 aliphatic rings. The van der Waals surface area contributed by atoms with Crippen LogP contribution in [0.25, 0.3) is 11.4 Å². The van der Waals surface area contributed by atoms with Gasteiger partial charge in [-0.1, -0.05) is 12.1 Å². The topological polar surface area (TPSA) is 61.9 Å². The number of carbonyl (C=O) groups excluding carboxylic acids is 1. The maximum atomic E-state index is 11.7. The average Bonchev–Trinajstić information content (AvgIpc) is 2.81. The molecular weight excluding hydrogens is 228 g/mol. The highest BCUT2D eigenvalue weighted by atomic mass is 16.2. The minimum absolute atomic E-state index is 0.183. The fourth-order valence-corrected chi connectivity index (χ4v) is 1.58. The normalized spacial score (nSPS) is 10.4. The summed E-state index contributed by atoms with van der Waals surface area (Å²) in [6, 6.07) is 5.99. The first-order valence-corrected chi connectivity index (χ1v) is 5.70. The SMILES string of the molecule is Cc1ccc(-c2n[nH]c(C(=O)N(C)C)n2)cc1C. The molecule has 0 radical (unpaired) electrons. The second-order valence-corrected chi connectivity index (χ2v) is 4.51. The lowest BCUT2D eigenvalue weighted by Crippen LogP contribution is -2.22. The van der Waals surface area contributed by atoms with Gasteiger partial charge in [-0.05, 0) is 31.0 Å². The largest absolute Gasteiger partial charge is 0.342 e. The van der Waals surface area contributed by atoms with Crippen LogP contribution in [0.4, 0.5) is 0 Å². The van der Waals surface area contributed by atoms with Crippen molar-refractivity contribution < 1.29 is 4.79 Å². The first-order valence-electron chi connectivity index (χ1n) is 5.70. The standard InChI is InChI=1S/C13H16N4O/c1-8-5-6-10(7-9(8)2)11-14-12(16-15-11)13(18)17(3)4/h5-7H,1-4H3,(H,14,15,16). The summed E-state index contributed by atoms with van der Waals surface area (Å²) in [5.74, 6) is 0.620. The quantitative estimate of drug-likeness (QED) is 0.876. The van der Waals surface area contributed by atoms with Crippen molar-refractivity contribution in [1.82, 2.24) is 20.1 Å². The third kappa shape index (κ3) is 2.25. The van der Waals surface area contributed by atoms with Gasteiger partial charge in [0.1, 0.15) is 0 Å². The molecule has 0 aliphatic carbocycles. The van der Waals surface area contributed by atoms with E-state index in [0.717, 1.165) is 5.56 Å². The summed E-state index contributed by atoms with van der Waals surface area (Å²) >= 11 is 0. The number of carbonyl (C=O) groups is 1. The second-order valence-electron chi connectivity index (χ2n) is 4.51. The summed E-state index contributed by atoms with van der Waals surface area (Å²) in [6.07, 6.45) is 0. The highest BCUT2D eigenvalue weighted by molar-refractivity contribution is 5.90. The highest BCUT2D eigenvalue weighted by Crippen LogP contribution is 2.18. The van der Waals surface area contributed by atoms with E-state index >= 15 is 0 Å². The maximum absolute atomic E-state index is 11.7. The molecule has 18 heavy (non-hydrogen) atoms. The van der Waals surface area contributed by atoms with Crippen LogP contribution >= 0.6 is 0 Å². The number of benzene rings is 1. The zero-order valence-electron chi connectivity index (χ0n) is 11.0. The molecule has 5 heteroatoms. The van der Waals surface area contributed by atoms with Crippen LogP contribution < -0.4 is 0 Å². The van der Waals surface area contributed by atoms with E-state index in [9.17, 15) is 4.79 Å². The van der Waals surface area contributed by atoms with Crippen molar-refractivity contribution in [3.8, 4) is 11.4 Å². The molecule has 1 heterocycles. The van der Waals surface area contributed by atoms with E-state index in [0.29, 0.717) is 5.82 Å². The van der Waals surface area contributed by atoms with Crippen LogP contribution in [-0.4, -0.2) is 40.1 Å². The van der Waals surface area contributed by atoms with Crippen LogP contribution in [0.15, 0.2) is 18.2 Å². The molecule has 0 bridgehead atoms. The Hall–Kier alpha value is -2.17. The number of hydrogen-bond acceptors (Lipinski definition) is 3. The van der Waals surface area contributed by atoms with Crippen molar-refractivity contribution in [3.05, 3.63) is 35.2 Å². The lowest BCUT2D eigenvalue weighted by molar-refractivity contribution is 0.0816. The van der Waals surface area contributed by atoms with Crippen molar-refractivity contribution in [2.45, 2.75) is 13.8 Å². The Balaban J connectivity index is 2.35. The average molecular weight is 244 g/mol. The summed E-state index contributed by atoms with van der Waals surface area (Å²) in [5.41, 5.74) is 3.31.